The Bertz CT molecular complexity index is 695. The van der Waals surface area contributed by atoms with Crippen LogP contribution in [0.15, 0.2) is 41.5 Å². The predicted octanol–water partition coefficient (Wildman–Crippen LogP) is 4.43. The van der Waals surface area contributed by atoms with E-state index in [9.17, 15) is 0 Å². The van der Waals surface area contributed by atoms with E-state index in [2.05, 4.69) is 48.0 Å². The van der Waals surface area contributed by atoms with Gasteiger partial charge < -0.3 is 4.90 Å². The standard InChI is InChI=1S/C17H19N3S2/c1-3-12-10-21-17-19-15(13-6-4-5-9-18-13)16(20(12)17)14-8-7-11(2)22-14/h4-9,12,15-16H,3,10H2,1-2H3/t12-,15+,16+/m0/s1. The van der Waals surface area contributed by atoms with E-state index in [-0.39, 0.29) is 6.04 Å². The van der Waals surface area contributed by atoms with Crippen molar-refractivity contribution in [2.24, 2.45) is 4.99 Å². The quantitative estimate of drug-likeness (QED) is 0.834. The summed E-state index contributed by atoms with van der Waals surface area (Å²) >= 11 is 3.79. The summed E-state index contributed by atoms with van der Waals surface area (Å²) in [5, 5.41) is 1.21. The number of amidine groups is 1. The predicted molar refractivity (Wildman–Crippen MR) is 94.6 cm³/mol. The lowest BCUT2D eigenvalue weighted by atomic mass is 10.0. The summed E-state index contributed by atoms with van der Waals surface area (Å²) in [7, 11) is 0. The summed E-state index contributed by atoms with van der Waals surface area (Å²) in [5.74, 6) is 1.16. The van der Waals surface area contributed by atoms with E-state index in [1.165, 1.54) is 21.3 Å². The van der Waals surface area contributed by atoms with E-state index in [4.69, 9.17) is 4.99 Å². The molecule has 0 aliphatic carbocycles. The van der Waals surface area contributed by atoms with Crippen molar-refractivity contribution in [3.63, 3.8) is 0 Å². The first-order chi connectivity index (χ1) is 10.8. The molecule has 1 saturated heterocycles. The van der Waals surface area contributed by atoms with Gasteiger partial charge in [-0.25, -0.2) is 0 Å². The second kappa shape index (κ2) is 5.70. The fourth-order valence-electron chi connectivity index (χ4n) is 3.27. The van der Waals surface area contributed by atoms with Crippen LogP contribution >= 0.6 is 23.1 Å². The third kappa shape index (κ3) is 2.27. The van der Waals surface area contributed by atoms with Gasteiger partial charge in [-0.05, 0) is 37.6 Å². The van der Waals surface area contributed by atoms with E-state index < -0.39 is 0 Å². The maximum absolute atomic E-state index is 5.04. The van der Waals surface area contributed by atoms with Crippen molar-refractivity contribution in [1.29, 1.82) is 0 Å². The number of hydrogen-bond acceptors (Lipinski definition) is 5. The first kappa shape index (κ1) is 14.3. The minimum atomic E-state index is 0.121. The van der Waals surface area contributed by atoms with Crippen LogP contribution in [0.5, 0.6) is 0 Å². The second-order valence-electron chi connectivity index (χ2n) is 5.78. The Morgan fingerprint density at radius 3 is 2.86 bits per heavy atom. The van der Waals surface area contributed by atoms with Gasteiger partial charge in [-0.2, -0.15) is 0 Å². The van der Waals surface area contributed by atoms with Gasteiger partial charge in [0.1, 0.15) is 6.04 Å². The average molecular weight is 329 g/mol. The van der Waals surface area contributed by atoms with Crippen LogP contribution in [0.4, 0.5) is 0 Å². The SMILES string of the molecule is CC[C@H]1CSC2=N[C@H](c3ccccn3)[C@@H](c3ccc(C)s3)N21. The number of hydrogen-bond donors (Lipinski definition) is 0. The second-order valence-corrected chi connectivity index (χ2v) is 8.09. The summed E-state index contributed by atoms with van der Waals surface area (Å²) in [6.07, 6.45) is 3.04. The Hall–Kier alpha value is -1.33. The number of aromatic nitrogens is 1. The third-order valence-electron chi connectivity index (χ3n) is 4.38. The molecule has 4 heterocycles. The molecular weight excluding hydrogens is 310 g/mol. The molecule has 2 aromatic rings. The van der Waals surface area contributed by atoms with E-state index in [0.717, 1.165) is 11.4 Å². The minimum absolute atomic E-state index is 0.121. The normalized spacial score (nSPS) is 27.1. The molecule has 0 aromatic carbocycles. The van der Waals surface area contributed by atoms with Gasteiger partial charge in [0, 0.05) is 27.7 Å². The van der Waals surface area contributed by atoms with Crippen molar-refractivity contribution in [2.75, 3.05) is 5.75 Å². The smallest absolute Gasteiger partial charge is 0.160 e. The summed E-state index contributed by atoms with van der Waals surface area (Å²) in [6.45, 7) is 4.45. The molecule has 0 unspecified atom stereocenters. The number of aliphatic imine (C=N–C) groups is 1. The third-order valence-corrected chi connectivity index (χ3v) is 6.58. The molecule has 2 aliphatic rings. The highest BCUT2D eigenvalue weighted by molar-refractivity contribution is 8.14. The molecule has 114 valence electrons. The van der Waals surface area contributed by atoms with E-state index in [1.807, 2.05) is 35.4 Å². The van der Waals surface area contributed by atoms with Crippen molar-refractivity contribution in [1.82, 2.24) is 9.88 Å². The van der Waals surface area contributed by atoms with Gasteiger partial charge in [-0.3, -0.25) is 9.98 Å². The first-order valence-corrected chi connectivity index (χ1v) is 9.54. The lowest BCUT2D eigenvalue weighted by Crippen LogP contribution is -2.34. The number of thiophene rings is 1. The summed E-state index contributed by atoms with van der Waals surface area (Å²) < 4.78 is 0. The van der Waals surface area contributed by atoms with Gasteiger partial charge in [-0.15, -0.1) is 11.3 Å². The van der Waals surface area contributed by atoms with Crippen LogP contribution in [0.1, 0.15) is 40.9 Å². The minimum Gasteiger partial charge on any atom is -0.337 e. The molecule has 22 heavy (non-hydrogen) atoms. The van der Waals surface area contributed by atoms with Crippen LogP contribution in [0.2, 0.25) is 0 Å². The topological polar surface area (TPSA) is 28.5 Å². The van der Waals surface area contributed by atoms with Crippen LogP contribution in [-0.2, 0) is 0 Å². The average Bonchev–Trinajstić information content (AvgIpc) is 3.22. The number of fused-ring (bicyclic) bond motifs is 1. The fraction of sp³-hybridized carbons (Fsp3) is 0.412. The molecule has 5 heteroatoms. The Morgan fingerprint density at radius 1 is 1.27 bits per heavy atom. The number of pyridine rings is 1. The molecule has 0 bridgehead atoms. The van der Waals surface area contributed by atoms with Crippen LogP contribution in [0, 0.1) is 6.92 Å². The molecule has 2 aliphatic heterocycles. The number of thioether (sulfide) groups is 1. The molecule has 1 fully saturated rings. The zero-order valence-corrected chi connectivity index (χ0v) is 14.4. The molecule has 3 atom stereocenters. The molecule has 4 rings (SSSR count). The molecule has 0 saturated carbocycles. The number of rotatable bonds is 3. The molecule has 0 radical (unpaired) electrons. The molecule has 0 spiro atoms. The highest BCUT2D eigenvalue weighted by Crippen LogP contribution is 2.49. The molecule has 3 nitrogen and oxygen atoms in total. The van der Waals surface area contributed by atoms with E-state index in [0.29, 0.717) is 12.1 Å². The van der Waals surface area contributed by atoms with Crippen molar-refractivity contribution < 1.29 is 0 Å². The molecular formula is C17H19N3S2. The van der Waals surface area contributed by atoms with Crippen LogP contribution in [-0.4, -0.2) is 26.8 Å². The Kier molecular flexibility index (Phi) is 3.70. The first-order valence-electron chi connectivity index (χ1n) is 7.74. The highest BCUT2D eigenvalue weighted by atomic mass is 32.2. The zero-order chi connectivity index (χ0) is 15.1. The highest BCUT2D eigenvalue weighted by Gasteiger charge is 2.45. The Labute approximate surface area is 139 Å². The van der Waals surface area contributed by atoms with Gasteiger partial charge in [0.2, 0.25) is 0 Å². The van der Waals surface area contributed by atoms with Gasteiger partial charge in [-0.1, -0.05) is 24.8 Å². The van der Waals surface area contributed by atoms with Crippen molar-refractivity contribution in [3.8, 4) is 0 Å². The summed E-state index contributed by atoms with van der Waals surface area (Å²) in [6, 6.07) is 11.7. The van der Waals surface area contributed by atoms with Gasteiger partial charge in [0.15, 0.2) is 5.17 Å². The van der Waals surface area contributed by atoms with Crippen LogP contribution in [0.3, 0.4) is 0 Å². The lowest BCUT2D eigenvalue weighted by Gasteiger charge is -2.30. The zero-order valence-electron chi connectivity index (χ0n) is 12.8. The molecule has 2 aromatic heterocycles. The van der Waals surface area contributed by atoms with Gasteiger partial charge in [0.25, 0.3) is 0 Å². The summed E-state index contributed by atoms with van der Waals surface area (Å²) in [4.78, 5) is 14.9. The number of aryl methyl sites for hydroxylation is 1. The van der Waals surface area contributed by atoms with E-state index >= 15 is 0 Å². The monoisotopic (exact) mass is 329 g/mol. The van der Waals surface area contributed by atoms with Gasteiger partial charge >= 0.3 is 0 Å². The van der Waals surface area contributed by atoms with Crippen molar-refractivity contribution >= 4 is 28.3 Å². The van der Waals surface area contributed by atoms with Crippen molar-refractivity contribution in [3.05, 3.63) is 52.0 Å². The Morgan fingerprint density at radius 2 is 2.18 bits per heavy atom. The fourth-order valence-corrected chi connectivity index (χ4v) is 5.62. The van der Waals surface area contributed by atoms with Crippen molar-refractivity contribution in [2.45, 2.75) is 38.4 Å². The summed E-state index contributed by atoms with van der Waals surface area (Å²) in [5.41, 5.74) is 1.08. The van der Waals surface area contributed by atoms with E-state index in [1.54, 1.807) is 0 Å². The van der Waals surface area contributed by atoms with Crippen LogP contribution in [0.25, 0.3) is 0 Å². The Balaban J connectivity index is 1.78. The molecule has 0 N–H and O–H groups in total. The molecule has 0 amide bonds. The van der Waals surface area contributed by atoms with Crippen LogP contribution < -0.4 is 0 Å². The van der Waals surface area contributed by atoms with Gasteiger partial charge in [0.05, 0.1) is 11.7 Å². The maximum atomic E-state index is 5.04. The largest absolute Gasteiger partial charge is 0.337 e. The lowest BCUT2D eigenvalue weighted by molar-refractivity contribution is 0.258. The number of nitrogens with zero attached hydrogens (tertiary/aromatic N) is 3. The maximum Gasteiger partial charge on any atom is 0.160 e.